The van der Waals surface area contributed by atoms with E-state index in [1.165, 1.54) is 0 Å². The van der Waals surface area contributed by atoms with E-state index in [1.807, 2.05) is 0 Å². The van der Waals surface area contributed by atoms with Gasteiger partial charge in [-0.15, -0.1) is 0 Å². The van der Waals surface area contributed by atoms with Crippen molar-refractivity contribution >= 4 is 23.4 Å². The summed E-state index contributed by atoms with van der Waals surface area (Å²) in [5.74, 6) is -2.07. The lowest BCUT2D eigenvalue weighted by molar-refractivity contribution is -0.142. The monoisotopic (exact) mass is 270 g/mol. The number of halogens is 4. The molecule has 0 unspecified atom stereocenters. The summed E-state index contributed by atoms with van der Waals surface area (Å²) in [5, 5.41) is 4.06. The lowest BCUT2D eigenvalue weighted by atomic mass is 10.1. The van der Waals surface area contributed by atoms with Crippen molar-refractivity contribution in [1.82, 2.24) is 10.2 Å². The molecule has 94 valence electrons. The molecule has 0 fully saturated rings. The molecule has 1 heterocycles. The average Bonchev–Trinajstić information content (AvgIpc) is 2.59. The summed E-state index contributed by atoms with van der Waals surface area (Å²) < 4.78 is 41.5. The van der Waals surface area contributed by atoms with Crippen LogP contribution in [0.15, 0.2) is 0 Å². The minimum Gasteiger partial charge on any atom is -0.469 e. The fraction of sp³-hybridized carbons (Fsp3) is 0.375. The number of nitrogens with zero attached hydrogens (tertiary/aromatic N) is 1. The maximum atomic E-state index is 12.4. The highest BCUT2D eigenvalue weighted by atomic mass is 35.5. The Morgan fingerprint density at radius 2 is 2.06 bits per heavy atom. The second-order valence-electron chi connectivity index (χ2n) is 2.94. The number of aromatic amines is 1. The first-order chi connectivity index (χ1) is 7.77. The van der Waals surface area contributed by atoms with Gasteiger partial charge in [0.2, 0.25) is 0 Å². The summed E-state index contributed by atoms with van der Waals surface area (Å²) >= 11 is 5.36. The molecular formula is C8H6ClF3N2O3. The van der Waals surface area contributed by atoms with Crippen LogP contribution in [0.5, 0.6) is 0 Å². The number of rotatable bonds is 3. The summed E-state index contributed by atoms with van der Waals surface area (Å²) in [7, 11) is 1.01. The zero-order valence-electron chi connectivity index (χ0n) is 8.39. The standard InChI is InChI=1S/C8H6ClF3N2O3/c1-17-4(16)2-3(15)5-6(8(10,11)12)13-14-7(5)9/h2H2,1H3,(H,13,14). The zero-order chi connectivity index (χ0) is 13.2. The molecule has 0 amide bonds. The molecule has 1 aromatic heterocycles. The summed E-state index contributed by atoms with van der Waals surface area (Å²) in [6.07, 6.45) is -5.64. The average molecular weight is 271 g/mol. The number of methoxy groups -OCH3 is 1. The first-order valence-corrected chi connectivity index (χ1v) is 4.56. The van der Waals surface area contributed by atoms with Gasteiger partial charge in [-0.2, -0.15) is 18.3 Å². The van der Waals surface area contributed by atoms with Gasteiger partial charge in [0, 0.05) is 0 Å². The van der Waals surface area contributed by atoms with E-state index in [2.05, 4.69) is 9.84 Å². The third-order valence-corrected chi connectivity index (χ3v) is 2.09. The van der Waals surface area contributed by atoms with Crippen molar-refractivity contribution in [1.29, 1.82) is 0 Å². The summed E-state index contributed by atoms with van der Waals surface area (Å²) in [6.45, 7) is 0. The van der Waals surface area contributed by atoms with Crippen molar-refractivity contribution in [2.24, 2.45) is 0 Å². The van der Waals surface area contributed by atoms with E-state index < -0.39 is 40.8 Å². The number of H-pyrrole nitrogens is 1. The highest BCUT2D eigenvalue weighted by Gasteiger charge is 2.39. The van der Waals surface area contributed by atoms with Gasteiger partial charge in [-0.1, -0.05) is 11.6 Å². The van der Waals surface area contributed by atoms with Crippen LogP contribution in [0.1, 0.15) is 22.5 Å². The number of nitrogens with one attached hydrogen (secondary N) is 1. The lowest BCUT2D eigenvalue weighted by Crippen LogP contribution is -2.15. The van der Waals surface area contributed by atoms with E-state index in [0.717, 1.165) is 7.11 Å². The van der Waals surface area contributed by atoms with Crippen molar-refractivity contribution in [2.75, 3.05) is 7.11 Å². The topological polar surface area (TPSA) is 72.1 Å². The molecule has 1 aromatic rings. The number of alkyl halides is 3. The first kappa shape index (κ1) is 13.5. The lowest BCUT2D eigenvalue weighted by Gasteiger charge is -2.05. The third-order valence-electron chi connectivity index (χ3n) is 1.82. The van der Waals surface area contributed by atoms with Gasteiger partial charge in [0.25, 0.3) is 0 Å². The normalized spacial score (nSPS) is 11.4. The number of aromatic nitrogens is 2. The fourth-order valence-electron chi connectivity index (χ4n) is 1.07. The van der Waals surface area contributed by atoms with Crippen LogP contribution >= 0.6 is 11.6 Å². The fourth-order valence-corrected chi connectivity index (χ4v) is 1.31. The minimum absolute atomic E-state index is 0.633. The number of ether oxygens (including phenoxy) is 1. The van der Waals surface area contributed by atoms with Crippen LogP contribution in [0, 0.1) is 0 Å². The Bertz CT molecular complexity index is 455. The van der Waals surface area contributed by atoms with Gasteiger partial charge in [-0.05, 0) is 0 Å². The molecule has 0 aromatic carbocycles. The van der Waals surface area contributed by atoms with Crippen LogP contribution in [0.4, 0.5) is 13.2 Å². The molecule has 0 saturated carbocycles. The van der Waals surface area contributed by atoms with E-state index in [-0.39, 0.29) is 0 Å². The second kappa shape index (κ2) is 4.74. The maximum absolute atomic E-state index is 12.4. The predicted octanol–water partition coefficient (Wildman–Crippen LogP) is 1.83. The zero-order valence-corrected chi connectivity index (χ0v) is 9.15. The van der Waals surface area contributed by atoms with Crippen LogP contribution in [0.2, 0.25) is 5.15 Å². The van der Waals surface area contributed by atoms with Gasteiger partial charge in [0.15, 0.2) is 16.6 Å². The predicted molar refractivity (Wildman–Crippen MR) is 49.6 cm³/mol. The van der Waals surface area contributed by atoms with Gasteiger partial charge in [0.1, 0.15) is 6.42 Å². The summed E-state index contributed by atoms with van der Waals surface area (Å²) in [6, 6.07) is 0. The van der Waals surface area contributed by atoms with Crippen LogP contribution in [0.25, 0.3) is 0 Å². The molecule has 0 radical (unpaired) electrons. The number of esters is 1. The number of hydrogen-bond donors (Lipinski definition) is 1. The maximum Gasteiger partial charge on any atom is 0.433 e. The highest BCUT2D eigenvalue weighted by Crippen LogP contribution is 2.33. The van der Waals surface area contributed by atoms with Crippen LogP contribution in [0.3, 0.4) is 0 Å². The molecule has 9 heteroatoms. The van der Waals surface area contributed by atoms with E-state index in [0.29, 0.717) is 0 Å². The molecule has 1 N–H and O–H groups in total. The van der Waals surface area contributed by atoms with Crippen LogP contribution in [-0.2, 0) is 15.7 Å². The quantitative estimate of drug-likeness (QED) is 0.517. The molecule has 5 nitrogen and oxygen atoms in total. The van der Waals surface area contributed by atoms with Crippen molar-refractivity contribution in [2.45, 2.75) is 12.6 Å². The summed E-state index contributed by atoms with van der Waals surface area (Å²) in [5.41, 5.74) is -2.24. The Morgan fingerprint density at radius 1 is 1.47 bits per heavy atom. The van der Waals surface area contributed by atoms with E-state index in [9.17, 15) is 22.8 Å². The van der Waals surface area contributed by atoms with E-state index in [4.69, 9.17) is 11.6 Å². The minimum atomic E-state index is -4.80. The number of carbonyl (C=O) groups excluding carboxylic acids is 2. The number of carbonyl (C=O) groups is 2. The van der Waals surface area contributed by atoms with Crippen molar-refractivity contribution in [3.05, 3.63) is 16.4 Å². The SMILES string of the molecule is COC(=O)CC(=O)c1c(Cl)n[nH]c1C(F)(F)F. The molecule has 0 aliphatic carbocycles. The first-order valence-electron chi connectivity index (χ1n) is 4.18. The molecular weight excluding hydrogens is 265 g/mol. The molecule has 0 bridgehead atoms. The molecule has 0 aliphatic rings. The van der Waals surface area contributed by atoms with Gasteiger partial charge in [-0.25, -0.2) is 0 Å². The largest absolute Gasteiger partial charge is 0.469 e. The van der Waals surface area contributed by atoms with Gasteiger partial charge in [-0.3, -0.25) is 14.7 Å². The Kier molecular flexibility index (Phi) is 3.76. The molecule has 0 aliphatic heterocycles. The van der Waals surface area contributed by atoms with Gasteiger partial charge in [0.05, 0.1) is 12.7 Å². The van der Waals surface area contributed by atoms with Gasteiger partial charge < -0.3 is 4.74 Å². The Labute approximate surface area is 97.9 Å². The third kappa shape index (κ3) is 2.96. The van der Waals surface area contributed by atoms with Crippen molar-refractivity contribution in [3.63, 3.8) is 0 Å². The summed E-state index contributed by atoms with van der Waals surface area (Å²) in [4.78, 5) is 22.2. The number of ketones is 1. The molecule has 0 saturated heterocycles. The second-order valence-corrected chi connectivity index (χ2v) is 3.30. The van der Waals surface area contributed by atoms with Crippen molar-refractivity contribution in [3.8, 4) is 0 Å². The Balaban J connectivity index is 3.09. The Morgan fingerprint density at radius 3 is 2.53 bits per heavy atom. The van der Waals surface area contributed by atoms with E-state index in [1.54, 1.807) is 5.10 Å². The van der Waals surface area contributed by atoms with Crippen LogP contribution in [-0.4, -0.2) is 29.1 Å². The number of Topliss-reactive ketones (excluding diaryl/α,β-unsaturated/α-hetero) is 1. The smallest absolute Gasteiger partial charge is 0.433 e. The van der Waals surface area contributed by atoms with Crippen molar-refractivity contribution < 1.29 is 27.5 Å². The molecule has 0 atom stereocenters. The molecule has 0 spiro atoms. The van der Waals surface area contributed by atoms with E-state index >= 15 is 0 Å². The molecule has 17 heavy (non-hydrogen) atoms. The Hall–Kier alpha value is -1.57. The number of hydrogen-bond acceptors (Lipinski definition) is 4. The van der Waals surface area contributed by atoms with Gasteiger partial charge >= 0.3 is 12.1 Å². The van der Waals surface area contributed by atoms with Crippen LogP contribution < -0.4 is 0 Å². The molecule has 1 rings (SSSR count). The highest BCUT2D eigenvalue weighted by molar-refractivity contribution is 6.33.